The van der Waals surface area contributed by atoms with Crippen LogP contribution in [0.15, 0.2) is 36.5 Å². The van der Waals surface area contributed by atoms with Crippen molar-refractivity contribution in [2.45, 2.75) is 26.8 Å². The lowest BCUT2D eigenvalue weighted by atomic mass is 10.0. The number of carbonyl (C=O) groups is 1. The van der Waals surface area contributed by atoms with Crippen LogP contribution in [0, 0.1) is 6.92 Å². The topological polar surface area (TPSA) is 54.3 Å². The van der Waals surface area contributed by atoms with E-state index in [-0.39, 0.29) is 11.9 Å². The monoisotopic (exact) mass is 377 g/mol. The quantitative estimate of drug-likeness (QED) is 0.702. The van der Waals surface area contributed by atoms with Crippen molar-refractivity contribution in [3.05, 3.63) is 47.7 Å². The van der Waals surface area contributed by atoms with Crippen LogP contribution in [-0.2, 0) is 0 Å². The average molecular weight is 377 g/mol. The highest BCUT2D eigenvalue weighted by atomic mass is 16.2. The zero-order valence-electron chi connectivity index (χ0n) is 17.0. The molecule has 2 aromatic heterocycles. The zero-order valence-corrected chi connectivity index (χ0v) is 17.0. The molecule has 1 amide bonds. The molecule has 0 N–H and O–H groups in total. The number of pyridine rings is 1. The maximum atomic E-state index is 13.4. The van der Waals surface area contributed by atoms with E-state index in [0.29, 0.717) is 5.56 Å². The lowest BCUT2D eigenvalue weighted by molar-refractivity contribution is 0.0666. The number of likely N-dealkylation sites (N-methyl/N-ethyl adjacent to an activating group) is 1. The second kappa shape index (κ2) is 7.36. The van der Waals surface area contributed by atoms with E-state index < -0.39 is 0 Å². The molecule has 146 valence electrons. The highest BCUT2D eigenvalue weighted by Gasteiger charge is 2.24. The maximum absolute atomic E-state index is 13.4. The van der Waals surface area contributed by atoms with Gasteiger partial charge in [-0.15, -0.1) is 0 Å². The Morgan fingerprint density at radius 1 is 1.07 bits per heavy atom. The van der Waals surface area contributed by atoms with E-state index in [4.69, 9.17) is 4.98 Å². The van der Waals surface area contributed by atoms with Crippen LogP contribution in [0.5, 0.6) is 0 Å². The highest BCUT2D eigenvalue weighted by molar-refractivity contribution is 6.06. The molecule has 1 aliphatic rings. The summed E-state index contributed by atoms with van der Waals surface area (Å²) in [6.07, 6.45) is 1.78. The Balaban J connectivity index is 1.84. The fourth-order valence-corrected chi connectivity index (χ4v) is 3.62. The standard InChI is InChI=1S/C22H27N5O/c1-15(2)27-21-19(14-23-27)18(22(28)26-11-9-25(4)10-12-26)13-20(24-21)17-7-5-16(3)6-8-17/h5-8,13-15H,9-12H2,1-4H3. The molecule has 1 aliphatic heterocycles. The summed E-state index contributed by atoms with van der Waals surface area (Å²) in [6, 6.07) is 10.4. The first-order valence-corrected chi connectivity index (χ1v) is 9.87. The molecule has 3 aromatic rings. The van der Waals surface area contributed by atoms with Crippen molar-refractivity contribution >= 4 is 16.9 Å². The summed E-state index contributed by atoms with van der Waals surface area (Å²) in [5.41, 5.74) is 4.48. The maximum Gasteiger partial charge on any atom is 0.254 e. The SMILES string of the molecule is Cc1ccc(-c2cc(C(=O)N3CCN(C)CC3)c3cnn(C(C)C)c3n2)cc1. The molecule has 0 radical (unpaired) electrons. The predicted molar refractivity (Wildman–Crippen MR) is 111 cm³/mol. The Morgan fingerprint density at radius 2 is 1.75 bits per heavy atom. The number of amides is 1. The summed E-state index contributed by atoms with van der Waals surface area (Å²) in [7, 11) is 2.09. The summed E-state index contributed by atoms with van der Waals surface area (Å²) in [5.74, 6) is 0.0668. The molecule has 28 heavy (non-hydrogen) atoms. The third-order valence-electron chi connectivity index (χ3n) is 5.42. The Hall–Kier alpha value is -2.73. The average Bonchev–Trinajstić information content (AvgIpc) is 3.12. The number of carbonyl (C=O) groups excluding carboxylic acids is 1. The van der Waals surface area contributed by atoms with Gasteiger partial charge in [-0.3, -0.25) is 4.79 Å². The van der Waals surface area contributed by atoms with Crippen LogP contribution < -0.4 is 0 Å². The molecule has 0 bridgehead atoms. The molecule has 0 spiro atoms. The molecule has 1 fully saturated rings. The van der Waals surface area contributed by atoms with Crippen LogP contribution in [-0.4, -0.2) is 63.7 Å². The summed E-state index contributed by atoms with van der Waals surface area (Å²) in [4.78, 5) is 22.5. The number of piperazine rings is 1. The van der Waals surface area contributed by atoms with E-state index in [2.05, 4.69) is 62.1 Å². The van der Waals surface area contributed by atoms with Gasteiger partial charge in [0.05, 0.1) is 22.8 Å². The third kappa shape index (κ3) is 3.40. The molecule has 6 nitrogen and oxygen atoms in total. The first kappa shape index (κ1) is 18.6. The lowest BCUT2D eigenvalue weighted by Gasteiger charge is -2.32. The molecule has 0 saturated carbocycles. The number of aromatic nitrogens is 3. The molecular weight excluding hydrogens is 350 g/mol. The third-order valence-corrected chi connectivity index (χ3v) is 5.42. The fourth-order valence-electron chi connectivity index (χ4n) is 3.62. The van der Waals surface area contributed by atoms with Gasteiger partial charge in [0, 0.05) is 37.8 Å². The summed E-state index contributed by atoms with van der Waals surface area (Å²) < 4.78 is 1.90. The largest absolute Gasteiger partial charge is 0.336 e. The van der Waals surface area contributed by atoms with Gasteiger partial charge in [0.2, 0.25) is 0 Å². The molecule has 0 atom stereocenters. The van der Waals surface area contributed by atoms with Crippen LogP contribution in [0.25, 0.3) is 22.3 Å². The lowest BCUT2D eigenvalue weighted by Crippen LogP contribution is -2.47. The van der Waals surface area contributed by atoms with Crippen LogP contribution >= 0.6 is 0 Å². The van der Waals surface area contributed by atoms with Gasteiger partial charge < -0.3 is 9.80 Å². The Morgan fingerprint density at radius 3 is 2.39 bits per heavy atom. The molecule has 0 aliphatic carbocycles. The van der Waals surface area contributed by atoms with Crippen molar-refractivity contribution in [1.29, 1.82) is 0 Å². The van der Waals surface area contributed by atoms with Gasteiger partial charge in [-0.25, -0.2) is 9.67 Å². The smallest absolute Gasteiger partial charge is 0.254 e. The second-order valence-electron chi connectivity index (χ2n) is 7.94. The van der Waals surface area contributed by atoms with Gasteiger partial charge in [0.25, 0.3) is 5.91 Å². The summed E-state index contributed by atoms with van der Waals surface area (Å²) >= 11 is 0. The van der Waals surface area contributed by atoms with E-state index in [1.807, 2.05) is 15.6 Å². The number of aryl methyl sites for hydroxylation is 1. The van der Waals surface area contributed by atoms with Crippen molar-refractivity contribution in [3.8, 4) is 11.3 Å². The minimum atomic E-state index is 0.0668. The number of benzene rings is 1. The normalized spacial score (nSPS) is 15.5. The Bertz CT molecular complexity index is 998. The van der Waals surface area contributed by atoms with Crippen molar-refractivity contribution in [2.24, 2.45) is 0 Å². The summed E-state index contributed by atoms with van der Waals surface area (Å²) in [6.45, 7) is 9.51. The summed E-state index contributed by atoms with van der Waals surface area (Å²) in [5, 5.41) is 5.35. The van der Waals surface area contributed by atoms with Gasteiger partial charge >= 0.3 is 0 Å². The van der Waals surface area contributed by atoms with E-state index in [1.54, 1.807) is 6.20 Å². The molecule has 6 heteroatoms. The molecule has 1 aromatic carbocycles. The first-order chi connectivity index (χ1) is 13.4. The predicted octanol–water partition coefficient (Wildman–Crippen LogP) is 3.38. The first-order valence-electron chi connectivity index (χ1n) is 9.87. The van der Waals surface area contributed by atoms with E-state index >= 15 is 0 Å². The molecule has 1 saturated heterocycles. The number of rotatable bonds is 3. The molecule has 0 unspecified atom stereocenters. The Kier molecular flexibility index (Phi) is 4.89. The number of hydrogen-bond donors (Lipinski definition) is 0. The van der Waals surface area contributed by atoms with Crippen LogP contribution in [0.2, 0.25) is 0 Å². The Labute approximate surface area is 165 Å². The van der Waals surface area contributed by atoms with E-state index in [1.165, 1.54) is 5.56 Å². The van der Waals surface area contributed by atoms with Gasteiger partial charge in [-0.05, 0) is 33.9 Å². The minimum absolute atomic E-state index is 0.0668. The van der Waals surface area contributed by atoms with Crippen LogP contribution in [0.3, 0.4) is 0 Å². The van der Waals surface area contributed by atoms with Crippen LogP contribution in [0.1, 0.15) is 35.8 Å². The fraction of sp³-hybridized carbons (Fsp3) is 0.409. The molecule has 3 heterocycles. The van der Waals surface area contributed by atoms with Crippen molar-refractivity contribution < 1.29 is 4.79 Å². The van der Waals surface area contributed by atoms with Crippen molar-refractivity contribution in [1.82, 2.24) is 24.6 Å². The van der Waals surface area contributed by atoms with Crippen molar-refractivity contribution in [3.63, 3.8) is 0 Å². The van der Waals surface area contributed by atoms with Gasteiger partial charge in [-0.1, -0.05) is 29.8 Å². The van der Waals surface area contributed by atoms with Gasteiger partial charge in [-0.2, -0.15) is 5.10 Å². The second-order valence-corrected chi connectivity index (χ2v) is 7.94. The zero-order chi connectivity index (χ0) is 19.8. The van der Waals surface area contributed by atoms with Gasteiger partial charge in [0.1, 0.15) is 0 Å². The van der Waals surface area contributed by atoms with Gasteiger partial charge in [0.15, 0.2) is 5.65 Å². The number of nitrogens with zero attached hydrogens (tertiary/aromatic N) is 5. The van der Waals surface area contributed by atoms with Crippen molar-refractivity contribution in [2.75, 3.05) is 33.2 Å². The van der Waals surface area contributed by atoms with E-state index in [0.717, 1.165) is 48.5 Å². The highest BCUT2D eigenvalue weighted by Crippen LogP contribution is 2.27. The molecule has 4 rings (SSSR count). The number of hydrogen-bond acceptors (Lipinski definition) is 4. The van der Waals surface area contributed by atoms with Crippen LogP contribution in [0.4, 0.5) is 0 Å². The number of fused-ring (bicyclic) bond motifs is 1. The van der Waals surface area contributed by atoms with E-state index in [9.17, 15) is 4.79 Å². The molecular formula is C22H27N5O. The minimum Gasteiger partial charge on any atom is -0.336 e.